The Morgan fingerprint density at radius 1 is 0.528 bits per heavy atom. The Bertz CT molecular complexity index is 1910. The first-order valence-electron chi connectivity index (χ1n) is 11.6. The lowest BCUT2D eigenvalue weighted by atomic mass is 10.00. The maximum absolute atomic E-state index is 6.39. The van der Waals surface area contributed by atoms with Crippen LogP contribution in [0.4, 0.5) is 0 Å². The van der Waals surface area contributed by atoms with Crippen LogP contribution in [-0.4, -0.2) is 15.0 Å². The molecule has 0 fully saturated rings. The van der Waals surface area contributed by atoms with Crippen molar-refractivity contribution in [1.29, 1.82) is 0 Å². The van der Waals surface area contributed by atoms with Crippen LogP contribution in [0.1, 0.15) is 0 Å². The van der Waals surface area contributed by atoms with Gasteiger partial charge in [0.1, 0.15) is 11.2 Å². The van der Waals surface area contributed by atoms with E-state index in [1.54, 1.807) is 0 Å². The van der Waals surface area contributed by atoms with Gasteiger partial charge in [-0.2, -0.15) is 9.97 Å². The molecule has 0 N–H and O–H groups in total. The molecule has 5 aromatic carbocycles. The third-order valence-corrected chi connectivity index (χ3v) is 6.65. The number of aromatic nitrogens is 3. The Kier molecular flexibility index (Phi) is 4.79. The lowest BCUT2D eigenvalue weighted by molar-refractivity contribution is 0.669. The van der Waals surface area contributed by atoms with Crippen LogP contribution in [0.25, 0.3) is 66.6 Å². The lowest BCUT2D eigenvalue weighted by Crippen LogP contribution is -1.97. The predicted octanol–water partition coefficient (Wildman–Crippen LogP) is 8.58. The van der Waals surface area contributed by atoms with Crippen LogP contribution in [0.2, 0.25) is 5.28 Å². The number of fused-ring (bicyclic) bond motifs is 4. The number of nitrogens with zero attached hydrogens (tertiary/aromatic N) is 3. The zero-order valence-electron chi connectivity index (χ0n) is 19.0. The molecule has 0 saturated heterocycles. The molecule has 2 heterocycles. The molecule has 170 valence electrons. The number of benzene rings is 5. The van der Waals surface area contributed by atoms with E-state index in [0.29, 0.717) is 11.6 Å². The van der Waals surface area contributed by atoms with Gasteiger partial charge in [-0.15, -0.1) is 0 Å². The summed E-state index contributed by atoms with van der Waals surface area (Å²) in [5, 5.41) is 4.58. The lowest BCUT2D eigenvalue weighted by Gasteiger charge is -2.08. The maximum Gasteiger partial charge on any atom is 0.226 e. The zero-order valence-corrected chi connectivity index (χ0v) is 19.8. The van der Waals surface area contributed by atoms with Crippen molar-refractivity contribution in [1.82, 2.24) is 15.0 Å². The molecule has 0 aliphatic carbocycles. The van der Waals surface area contributed by atoms with Gasteiger partial charge in [0.2, 0.25) is 5.28 Å². The van der Waals surface area contributed by atoms with Gasteiger partial charge in [-0.3, -0.25) is 0 Å². The van der Waals surface area contributed by atoms with Crippen LogP contribution in [0, 0.1) is 0 Å². The summed E-state index contributed by atoms with van der Waals surface area (Å²) in [6.45, 7) is 0. The fourth-order valence-electron chi connectivity index (χ4n) is 4.74. The highest BCUT2D eigenvalue weighted by molar-refractivity contribution is 6.28. The van der Waals surface area contributed by atoms with E-state index < -0.39 is 0 Å². The zero-order chi connectivity index (χ0) is 24.1. The van der Waals surface area contributed by atoms with E-state index >= 15 is 0 Å². The second-order valence-electron chi connectivity index (χ2n) is 8.67. The van der Waals surface area contributed by atoms with Crippen molar-refractivity contribution in [2.45, 2.75) is 0 Å². The molecule has 0 atom stereocenters. The standard InChI is InChI=1S/C31H18ClN3O/c32-31-34-29(21-15-12-20(13-16-21)23-17-14-19-6-1-2-7-22(19)18-23)33-30(35-31)25-9-5-11-27-28(25)24-8-3-4-10-26(24)36-27/h1-18H. The minimum atomic E-state index is 0.151. The molecule has 0 aliphatic heterocycles. The molecule has 0 unspecified atom stereocenters. The van der Waals surface area contributed by atoms with E-state index in [-0.39, 0.29) is 5.28 Å². The Hall–Kier alpha value is -4.54. The largest absolute Gasteiger partial charge is 0.456 e. The molecule has 0 saturated carbocycles. The summed E-state index contributed by atoms with van der Waals surface area (Å²) in [6.07, 6.45) is 0. The van der Waals surface area contributed by atoms with Crippen LogP contribution in [0.5, 0.6) is 0 Å². The highest BCUT2D eigenvalue weighted by Gasteiger charge is 2.16. The molecule has 0 bridgehead atoms. The van der Waals surface area contributed by atoms with Crippen LogP contribution < -0.4 is 0 Å². The summed E-state index contributed by atoms with van der Waals surface area (Å²) in [7, 11) is 0. The molecule has 0 amide bonds. The molecule has 4 nitrogen and oxygen atoms in total. The van der Waals surface area contributed by atoms with Gasteiger partial charge in [0, 0.05) is 21.9 Å². The minimum Gasteiger partial charge on any atom is -0.456 e. The molecular formula is C31H18ClN3O. The first kappa shape index (κ1) is 20.8. The number of furan rings is 1. The third-order valence-electron chi connectivity index (χ3n) is 6.48. The molecule has 0 radical (unpaired) electrons. The van der Waals surface area contributed by atoms with E-state index in [9.17, 15) is 0 Å². The fraction of sp³-hybridized carbons (Fsp3) is 0. The third kappa shape index (κ3) is 3.51. The van der Waals surface area contributed by atoms with Gasteiger partial charge >= 0.3 is 0 Å². The Labute approximate surface area is 211 Å². The van der Waals surface area contributed by atoms with Crippen molar-refractivity contribution < 1.29 is 4.42 Å². The van der Waals surface area contributed by atoms with Crippen LogP contribution in [0.3, 0.4) is 0 Å². The van der Waals surface area contributed by atoms with Gasteiger partial charge in [-0.25, -0.2) is 4.98 Å². The molecular weight excluding hydrogens is 466 g/mol. The van der Waals surface area contributed by atoms with Crippen LogP contribution in [-0.2, 0) is 0 Å². The summed E-state index contributed by atoms with van der Waals surface area (Å²) >= 11 is 6.39. The van der Waals surface area contributed by atoms with Crippen molar-refractivity contribution in [3.63, 3.8) is 0 Å². The number of halogens is 1. The van der Waals surface area contributed by atoms with Gasteiger partial charge in [0.25, 0.3) is 0 Å². The Morgan fingerprint density at radius 3 is 2.11 bits per heavy atom. The second kappa shape index (κ2) is 8.29. The van der Waals surface area contributed by atoms with E-state index in [1.165, 1.54) is 10.8 Å². The van der Waals surface area contributed by atoms with Gasteiger partial charge in [-0.1, -0.05) is 91.0 Å². The van der Waals surface area contributed by atoms with Crippen molar-refractivity contribution in [2.75, 3.05) is 0 Å². The number of rotatable bonds is 3. The monoisotopic (exact) mass is 483 g/mol. The minimum absolute atomic E-state index is 0.151. The number of para-hydroxylation sites is 1. The van der Waals surface area contributed by atoms with E-state index in [2.05, 4.69) is 64.6 Å². The molecule has 7 rings (SSSR count). The highest BCUT2D eigenvalue weighted by atomic mass is 35.5. The Morgan fingerprint density at radius 2 is 1.22 bits per heavy atom. The van der Waals surface area contributed by atoms with E-state index in [1.807, 2.05) is 54.6 Å². The molecule has 0 spiro atoms. The quantitative estimate of drug-likeness (QED) is 0.252. The molecule has 2 aromatic heterocycles. The second-order valence-corrected chi connectivity index (χ2v) is 9.01. The Balaban J connectivity index is 1.31. The number of hydrogen-bond donors (Lipinski definition) is 0. The maximum atomic E-state index is 6.39. The number of hydrogen-bond acceptors (Lipinski definition) is 4. The fourth-order valence-corrected chi connectivity index (χ4v) is 4.90. The normalized spacial score (nSPS) is 11.5. The molecule has 36 heavy (non-hydrogen) atoms. The van der Waals surface area contributed by atoms with E-state index in [0.717, 1.165) is 44.2 Å². The predicted molar refractivity (Wildman–Crippen MR) is 146 cm³/mol. The van der Waals surface area contributed by atoms with Gasteiger partial charge in [-0.05, 0) is 51.7 Å². The van der Waals surface area contributed by atoms with Crippen LogP contribution in [0.15, 0.2) is 114 Å². The van der Waals surface area contributed by atoms with Gasteiger partial charge in [0.15, 0.2) is 11.6 Å². The summed E-state index contributed by atoms with van der Waals surface area (Å²) in [4.78, 5) is 13.7. The van der Waals surface area contributed by atoms with Gasteiger partial charge in [0.05, 0.1) is 0 Å². The average Bonchev–Trinajstić information content (AvgIpc) is 3.31. The summed E-state index contributed by atoms with van der Waals surface area (Å²) in [5.41, 5.74) is 5.62. The summed E-state index contributed by atoms with van der Waals surface area (Å²) in [5.74, 6) is 1.04. The topological polar surface area (TPSA) is 51.8 Å². The van der Waals surface area contributed by atoms with Crippen molar-refractivity contribution in [3.05, 3.63) is 114 Å². The van der Waals surface area contributed by atoms with Crippen molar-refractivity contribution in [2.24, 2.45) is 0 Å². The molecule has 0 aliphatic rings. The van der Waals surface area contributed by atoms with Gasteiger partial charge < -0.3 is 4.42 Å². The SMILES string of the molecule is Clc1nc(-c2ccc(-c3ccc4ccccc4c3)cc2)nc(-c2cccc3oc4ccccc4c23)n1. The van der Waals surface area contributed by atoms with Crippen LogP contribution >= 0.6 is 11.6 Å². The van der Waals surface area contributed by atoms with Crippen molar-refractivity contribution >= 4 is 44.3 Å². The summed E-state index contributed by atoms with van der Waals surface area (Å²) in [6, 6.07) is 36.9. The average molecular weight is 484 g/mol. The molecule has 5 heteroatoms. The molecule has 7 aromatic rings. The highest BCUT2D eigenvalue weighted by Crippen LogP contribution is 2.36. The first-order valence-corrected chi connectivity index (χ1v) is 12.0. The summed E-state index contributed by atoms with van der Waals surface area (Å²) < 4.78 is 6.04. The smallest absolute Gasteiger partial charge is 0.226 e. The van der Waals surface area contributed by atoms with E-state index in [4.69, 9.17) is 21.0 Å². The first-order chi connectivity index (χ1) is 17.7. The van der Waals surface area contributed by atoms with Crippen molar-refractivity contribution in [3.8, 4) is 33.9 Å².